The Bertz CT molecular complexity index is 832. The first-order valence-electron chi connectivity index (χ1n) is 8.52. The van der Waals surface area contributed by atoms with Crippen molar-refractivity contribution in [1.82, 2.24) is 5.01 Å². The predicted octanol–water partition coefficient (Wildman–Crippen LogP) is 2.13. The third kappa shape index (κ3) is 2.40. The van der Waals surface area contributed by atoms with Crippen LogP contribution in [0.1, 0.15) is 18.9 Å². The van der Waals surface area contributed by atoms with E-state index in [2.05, 4.69) is 5.10 Å². The Morgan fingerprint density at radius 3 is 2.50 bits per heavy atom. The summed E-state index contributed by atoms with van der Waals surface area (Å²) in [7, 11) is 0. The molecule has 26 heavy (non-hydrogen) atoms. The number of hydrazone groups is 1. The van der Waals surface area contributed by atoms with Gasteiger partial charge in [-0.2, -0.15) is 10.1 Å². The third-order valence-electron chi connectivity index (χ3n) is 5.26. The summed E-state index contributed by atoms with van der Waals surface area (Å²) < 4.78 is 5.45. The van der Waals surface area contributed by atoms with Crippen molar-refractivity contribution in [1.29, 1.82) is 0 Å². The molecule has 2 bridgehead atoms. The monoisotopic (exact) mass is 355 g/mol. The molecule has 2 fully saturated rings. The summed E-state index contributed by atoms with van der Waals surface area (Å²) in [5.74, 6) is -0.620. The highest BCUT2D eigenvalue weighted by atomic mass is 16.6. The van der Waals surface area contributed by atoms with Crippen molar-refractivity contribution in [3.05, 3.63) is 46.0 Å². The van der Waals surface area contributed by atoms with Gasteiger partial charge in [0, 0.05) is 17.7 Å². The number of amides is 2. The van der Waals surface area contributed by atoms with E-state index in [-0.39, 0.29) is 41.2 Å². The number of nitro benzene ring substituents is 1. The van der Waals surface area contributed by atoms with Crippen molar-refractivity contribution in [2.45, 2.75) is 13.3 Å². The minimum absolute atomic E-state index is 0.110. The highest BCUT2D eigenvalue weighted by Gasteiger charge is 2.59. The minimum atomic E-state index is -0.521. The van der Waals surface area contributed by atoms with Crippen LogP contribution < -0.4 is 4.74 Å². The van der Waals surface area contributed by atoms with E-state index in [1.165, 1.54) is 24.4 Å². The average molecular weight is 355 g/mol. The number of nitro groups is 1. The molecule has 1 saturated carbocycles. The summed E-state index contributed by atoms with van der Waals surface area (Å²) >= 11 is 0. The van der Waals surface area contributed by atoms with Gasteiger partial charge >= 0.3 is 0 Å². The van der Waals surface area contributed by atoms with E-state index in [0.29, 0.717) is 17.9 Å². The largest absolute Gasteiger partial charge is 0.493 e. The SMILES string of the molecule is CCOc1ccc([N+](=O)[O-])cc1C=NN1C(=O)[C@@H]2[C@H](C1=O)[C@H]1C=C[C@H]2C1. The number of rotatable bonds is 5. The van der Waals surface area contributed by atoms with Crippen LogP contribution in [0.25, 0.3) is 0 Å². The number of non-ortho nitro benzene ring substituents is 1. The van der Waals surface area contributed by atoms with Crippen LogP contribution in [0, 0.1) is 33.8 Å². The maximum Gasteiger partial charge on any atom is 0.270 e. The van der Waals surface area contributed by atoms with Gasteiger partial charge in [0.25, 0.3) is 17.5 Å². The first-order chi connectivity index (χ1) is 12.5. The van der Waals surface area contributed by atoms with Gasteiger partial charge in [0.15, 0.2) is 0 Å². The van der Waals surface area contributed by atoms with E-state index >= 15 is 0 Å². The zero-order valence-corrected chi connectivity index (χ0v) is 14.1. The van der Waals surface area contributed by atoms with E-state index in [1.54, 1.807) is 6.92 Å². The van der Waals surface area contributed by atoms with Crippen molar-refractivity contribution >= 4 is 23.7 Å². The van der Waals surface area contributed by atoms with E-state index in [4.69, 9.17) is 4.74 Å². The molecule has 0 spiro atoms. The molecule has 8 heteroatoms. The Labute approximate surface area is 149 Å². The standard InChI is InChI=1S/C18H17N3O5/c1-2-26-14-6-5-13(21(24)25)8-12(14)9-19-20-17(22)15-10-3-4-11(7-10)16(15)18(20)23/h3-6,8-11,15-16H,2,7H2,1H3/t10-,11-,15-,16+/m0/s1. The zero-order valence-electron chi connectivity index (χ0n) is 14.1. The number of carbonyl (C=O) groups is 2. The second kappa shape index (κ2) is 6.05. The highest BCUT2D eigenvalue weighted by Crippen LogP contribution is 2.52. The van der Waals surface area contributed by atoms with Crippen molar-refractivity contribution < 1.29 is 19.2 Å². The molecule has 3 aliphatic rings. The average Bonchev–Trinajstić information content (AvgIpc) is 3.29. The summed E-state index contributed by atoms with van der Waals surface area (Å²) in [6.45, 7) is 2.17. The number of allylic oxidation sites excluding steroid dienone is 2. The summed E-state index contributed by atoms with van der Waals surface area (Å²) in [5, 5.41) is 16.0. The van der Waals surface area contributed by atoms with Crippen LogP contribution in [-0.4, -0.2) is 34.6 Å². The zero-order chi connectivity index (χ0) is 18.4. The fraction of sp³-hybridized carbons (Fsp3) is 0.389. The van der Waals surface area contributed by atoms with E-state index < -0.39 is 4.92 Å². The normalized spacial score (nSPS) is 29.0. The first kappa shape index (κ1) is 16.4. The molecule has 0 unspecified atom stereocenters. The van der Waals surface area contributed by atoms with Gasteiger partial charge in [-0.25, -0.2) is 0 Å². The Kier molecular flexibility index (Phi) is 3.82. The molecule has 1 saturated heterocycles. The van der Waals surface area contributed by atoms with Gasteiger partial charge in [-0.3, -0.25) is 19.7 Å². The topological polar surface area (TPSA) is 102 Å². The van der Waals surface area contributed by atoms with Crippen LogP contribution in [0.15, 0.2) is 35.5 Å². The number of nitrogens with zero attached hydrogens (tertiary/aromatic N) is 3. The molecule has 0 radical (unpaired) electrons. The van der Waals surface area contributed by atoms with Gasteiger partial charge in [0.05, 0.1) is 29.6 Å². The van der Waals surface area contributed by atoms with Gasteiger partial charge < -0.3 is 4.74 Å². The lowest BCUT2D eigenvalue weighted by Crippen LogP contribution is -2.28. The van der Waals surface area contributed by atoms with Crippen molar-refractivity contribution in [3.63, 3.8) is 0 Å². The minimum Gasteiger partial charge on any atom is -0.493 e. The molecule has 134 valence electrons. The lowest BCUT2D eigenvalue weighted by atomic mass is 9.85. The molecule has 2 amide bonds. The number of hydrogen-bond donors (Lipinski definition) is 0. The lowest BCUT2D eigenvalue weighted by molar-refractivity contribution is -0.384. The molecule has 1 aromatic carbocycles. The number of benzene rings is 1. The lowest BCUT2D eigenvalue weighted by Gasteiger charge is -2.13. The predicted molar refractivity (Wildman–Crippen MR) is 91.4 cm³/mol. The number of imide groups is 1. The van der Waals surface area contributed by atoms with Crippen molar-refractivity contribution in [2.75, 3.05) is 6.61 Å². The molecular weight excluding hydrogens is 338 g/mol. The number of fused-ring (bicyclic) bond motifs is 5. The first-order valence-corrected chi connectivity index (χ1v) is 8.52. The molecule has 2 aliphatic carbocycles. The number of carbonyl (C=O) groups excluding carboxylic acids is 2. The third-order valence-corrected chi connectivity index (χ3v) is 5.26. The van der Waals surface area contributed by atoms with Crippen molar-refractivity contribution in [2.24, 2.45) is 28.8 Å². The molecular formula is C18H17N3O5. The number of ether oxygens (including phenoxy) is 1. The smallest absolute Gasteiger partial charge is 0.270 e. The Hall–Kier alpha value is -3.03. The van der Waals surface area contributed by atoms with Gasteiger partial charge in [0.1, 0.15) is 5.75 Å². The molecule has 8 nitrogen and oxygen atoms in total. The second-order valence-electron chi connectivity index (χ2n) is 6.64. The van der Waals surface area contributed by atoms with Gasteiger partial charge in [0.2, 0.25) is 0 Å². The number of hydrogen-bond acceptors (Lipinski definition) is 6. The van der Waals surface area contributed by atoms with Crippen LogP contribution in [0.3, 0.4) is 0 Å². The Balaban J connectivity index is 1.62. The molecule has 0 aromatic heterocycles. The molecule has 4 atom stereocenters. The van der Waals surface area contributed by atoms with E-state index in [1.807, 2.05) is 12.2 Å². The van der Waals surface area contributed by atoms with Gasteiger partial charge in [-0.05, 0) is 31.2 Å². The fourth-order valence-electron chi connectivity index (χ4n) is 4.16. The van der Waals surface area contributed by atoms with Crippen LogP contribution in [0.5, 0.6) is 5.75 Å². The molecule has 1 heterocycles. The molecule has 1 aromatic rings. The fourth-order valence-corrected chi connectivity index (χ4v) is 4.16. The van der Waals surface area contributed by atoms with E-state index in [9.17, 15) is 19.7 Å². The Morgan fingerprint density at radius 2 is 1.92 bits per heavy atom. The maximum absolute atomic E-state index is 12.6. The summed E-state index contributed by atoms with van der Waals surface area (Å²) in [5.41, 5.74) is 0.230. The summed E-state index contributed by atoms with van der Waals surface area (Å²) in [6, 6.07) is 4.13. The summed E-state index contributed by atoms with van der Waals surface area (Å²) in [6.07, 6.45) is 6.16. The highest BCUT2D eigenvalue weighted by molar-refractivity contribution is 6.06. The van der Waals surface area contributed by atoms with Gasteiger partial charge in [-0.15, -0.1) is 0 Å². The summed E-state index contributed by atoms with van der Waals surface area (Å²) in [4.78, 5) is 35.7. The van der Waals surface area contributed by atoms with Crippen molar-refractivity contribution in [3.8, 4) is 5.75 Å². The van der Waals surface area contributed by atoms with Crippen LogP contribution >= 0.6 is 0 Å². The van der Waals surface area contributed by atoms with E-state index in [0.717, 1.165) is 11.4 Å². The molecule has 1 aliphatic heterocycles. The molecule has 4 rings (SSSR count). The quantitative estimate of drug-likeness (QED) is 0.265. The van der Waals surface area contributed by atoms with Crippen LogP contribution in [0.4, 0.5) is 5.69 Å². The maximum atomic E-state index is 12.6. The van der Waals surface area contributed by atoms with Crippen LogP contribution in [0.2, 0.25) is 0 Å². The second-order valence-corrected chi connectivity index (χ2v) is 6.64. The van der Waals surface area contributed by atoms with Gasteiger partial charge in [-0.1, -0.05) is 12.2 Å². The molecule has 0 N–H and O–H groups in total. The van der Waals surface area contributed by atoms with Crippen LogP contribution in [-0.2, 0) is 9.59 Å². The Morgan fingerprint density at radius 1 is 1.27 bits per heavy atom.